The monoisotopic (exact) mass is 520 g/mol. The number of ether oxygens (including phenoxy) is 1. The van der Waals surface area contributed by atoms with E-state index in [1.54, 1.807) is 25.3 Å². The summed E-state index contributed by atoms with van der Waals surface area (Å²) in [5, 5.41) is 1.08. The second-order valence-electron chi connectivity index (χ2n) is 7.96. The van der Waals surface area contributed by atoms with E-state index in [0.29, 0.717) is 22.2 Å². The molecule has 35 heavy (non-hydrogen) atoms. The molecule has 0 radical (unpaired) electrons. The van der Waals surface area contributed by atoms with E-state index in [1.807, 2.05) is 61.5 Å². The Labute approximate surface area is 213 Å². The molecule has 2 heterocycles. The molecule has 5 rings (SSSR count). The second kappa shape index (κ2) is 9.34. The highest BCUT2D eigenvalue weighted by Crippen LogP contribution is 2.47. The maximum Gasteiger partial charge on any atom is 0.261 e. The van der Waals surface area contributed by atoms with Crippen molar-refractivity contribution in [2.75, 3.05) is 11.8 Å². The first kappa shape index (κ1) is 23.4. The Bertz CT molecular complexity index is 1650. The Morgan fingerprint density at radius 3 is 2.40 bits per heavy atom. The van der Waals surface area contributed by atoms with Crippen LogP contribution in [0.5, 0.6) is 5.75 Å². The Kier molecular flexibility index (Phi) is 6.23. The first-order valence-corrected chi connectivity index (χ1v) is 13.5. The van der Waals surface area contributed by atoms with Crippen LogP contribution in [0.25, 0.3) is 31.8 Å². The number of anilines is 1. The lowest BCUT2D eigenvalue weighted by atomic mass is 9.98. The summed E-state index contributed by atoms with van der Waals surface area (Å²) in [6.07, 6.45) is 0. The van der Waals surface area contributed by atoms with E-state index < -0.39 is 10.0 Å². The quantitative estimate of drug-likeness (QED) is 0.253. The van der Waals surface area contributed by atoms with Crippen LogP contribution in [0.15, 0.2) is 89.8 Å². The molecule has 0 amide bonds. The average molecular weight is 521 g/mol. The van der Waals surface area contributed by atoms with E-state index >= 15 is 0 Å². The first-order valence-electron chi connectivity index (χ1n) is 10.8. The van der Waals surface area contributed by atoms with E-state index in [4.69, 9.17) is 21.3 Å². The van der Waals surface area contributed by atoms with Gasteiger partial charge >= 0.3 is 0 Å². The number of nitrogens with zero attached hydrogens (tertiary/aromatic N) is 1. The molecular weight excluding hydrogens is 500 g/mol. The van der Waals surface area contributed by atoms with Crippen LogP contribution < -0.4 is 9.46 Å². The third-order valence-electron chi connectivity index (χ3n) is 5.54. The molecule has 8 heteroatoms. The van der Waals surface area contributed by atoms with Crippen molar-refractivity contribution in [1.29, 1.82) is 0 Å². The summed E-state index contributed by atoms with van der Waals surface area (Å²) in [6.45, 7) is 1.85. The zero-order chi connectivity index (χ0) is 24.6. The van der Waals surface area contributed by atoms with Gasteiger partial charge in [0.15, 0.2) is 0 Å². The third kappa shape index (κ3) is 4.62. The average Bonchev–Trinajstić information content (AvgIpc) is 3.24. The molecule has 3 aromatic carbocycles. The van der Waals surface area contributed by atoms with Crippen molar-refractivity contribution < 1.29 is 13.2 Å². The summed E-state index contributed by atoms with van der Waals surface area (Å²) in [5.41, 5.74) is 3.99. The van der Waals surface area contributed by atoms with Crippen molar-refractivity contribution in [2.24, 2.45) is 0 Å². The van der Waals surface area contributed by atoms with E-state index in [1.165, 1.54) is 23.5 Å². The second-order valence-corrected chi connectivity index (χ2v) is 11.1. The highest BCUT2D eigenvalue weighted by molar-refractivity contribution is 7.92. The van der Waals surface area contributed by atoms with Gasteiger partial charge in [0, 0.05) is 26.5 Å². The van der Waals surface area contributed by atoms with Crippen molar-refractivity contribution in [2.45, 2.75) is 11.8 Å². The number of benzene rings is 3. The van der Waals surface area contributed by atoms with Gasteiger partial charge in [0.25, 0.3) is 10.0 Å². The molecule has 0 fully saturated rings. The predicted octanol–water partition coefficient (Wildman–Crippen LogP) is 7.40. The number of methoxy groups -OCH3 is 1. The molecule has 0 aliphatic heterocycles. The molecular formula is C27H21ClN2O3S2. The summed E-state index contributed by atoms with van der Waals surface area (Å²) in [7, 11) is -2.27. The van der Waals surface area contributed by atoms with Crippen molar-refractivity contribution >= 4 is 48.9 Å². The molecule has 0 atom stereocenters. The van der Waals surface area contributed by atoms with E-state index in [0.717, 1.165) is 31.8 Å². The third-order valence-corrected chi connectivity index (χ3v) is 8.27. The number of aromatic nitrogens is 1. The molecule has 5 nitrogen and oxygen atoms in total. The first-order chi connectivity index (χ1) is 16.9. The van der Waals surface area contributed by atoms with Gasteiger partial charge in [-0.15, -0.1) is 11.3 Å². The van der Waals surface area contributed by atoms with Crippen LogP contribution in [-0.4, -0.2) is 20.5 Å². The van der Waals surface area contributed by atoms with Crippen molar-refractivity contribution in [3.05, 3.63) is 95.6 Å². The fourth-order valence-corrected chi connectivity index (χ4v) is 6.62. The van der Waals surface area contributed by atoms with Gasteiger partial charge in [-0.25, -0.2) is 13.4 Å². The molecule has 2 aromatic heterocycles. The van der Waals surface area contributed by atoms with Crippen molar-refractivity contribution in [3.63, 3.8) is 0 Å². The molecule has 0 unspecified atom stereocenters. The Morgan fingerprint density at radius 1 is 0.914 bits per heavy atom. The largest absolute Gasteiger partial charge is 0.497 e. The predicted molar refractivity (Wildman–Crippen MR) is 144 cm³/mol. The standard InChI is InChI=1S/C27H21ClN2O3S2/c1-17-14-23(30-35(31,32)22-13-7-11-20(28)16-22)25-24(19-10-6-12-21(15-19)33-2)26(34-27(25)29-17)18-8-4-3-5-9-18/h3-16H,1-2H3,(H,29,30). The molecule has 0 aliphatic carbocycles. The number of fused-ring (bicyclic) bond motifs is 1. The summed E-state index contributed by atoms with van der Waals surface area (Å²) in [4.78, 5) is 6.59. The van der Waals surface area contributed by atoms with Gasteiger partial charge in [-0.05, 0) is 54.4 Å². The number of halogens is 1. The number of nitrogens with one attached hydrogen (secondary N) is 1. The molecule has 5 aromatic rings. The van der Waals surface area contributed by atoms with Gasteiger partial charge in [0.1, 0.15) is 10.6 Å². The minimum absolute atomic E-state index is 0.0917. The zero-order valence-corrected chi connectivity index (χ0v) is 21.3. The minimum Gasteiger partial charge on any atom is -0.497 e. The topological polar surface area (TPSA) is 68.3 Å². The van der Waals surface area contributed by atoms with Gasteiger partial charge < -0.3 is 4.74 Å². The number of aryl methyl sites for hydroxylation is 1. The normalized spacial score (nSPS) is 11.5. The van der Waals surface area contributed by atoms with Crippen molar-refractivity contribution in [3.8, 4) is 27.3 Å². The van der Waals surface area contributed by atoms with Crippen LogP contribution in [0.1, 0.15) is 5.69 Å². The van der Waals surface area contributed by atoms with Gasteiger partial charge in [-0.3, -0.25) is 4.72 Å². The van der Waals surface area contributed by atoms with Gasteiger partial charge in [-0.2, -0.15) is 0 Å². The van der Waals surface area contributed by atoms with Gasteiger partial charge in [0.2, 0.25) is 0 Å². The fraction of sp³-hybridized carbons (Fsp3) is 0.0741. The molecule has 0 aliphatic rings. The summed E-state index contributed by atoms with van der Waals surface area (Å²) in [5.74, 6) is 0.710. The number of hydrogen-bond donors (Lipinski definition) is 1. The van der Waals surface area contributed by atoms with E-state index in [-0.39, 0.29) is 4.90 Å². The summed E-state index contributed by atoms with van der Waals surface area (Å²) in [6, 6.07) is 25.7. The summed E-state index contributed by atoms with van der Waals surface area (Å²) < 4.78 is 34.9. The lowest BCUT2D eigenvalue weighted by Gasteiger charge is -2.13. The molecule has 176 valence electrons. The number of sulfonamides is 1. The molecule has 0 spiro atoms. The Hall–Kier alpha value is -3.39. The highest BCUT2D eigenvalue weighted by atomic mass is 35.5. The van der Waals surface area contributed by atoms with Crippen LogP contribution in [0.2, 0.25) is 5.02 Å². The number of hydrogen-bond acceptors (Lipinski definition) is 5. The SMILES string of the molecule is COc1cccc(-c2c(-c3ccccc3)sc3nc(C)cc(NS(=O)(=O)c4cccc(Cl)c4)c23)c1. The van der Waals surface area contributed by atoms with Crippen molar-refractivity contribution in [1.82, 2.24) is 4.98 Å². The van der Waals surface area contributed by atoms with Crippen LogP contribution in [-0.2, 0) is 10.0 Å². The maximum absolute atomic E-state index is 13.3. The van der Waals surface area contributed by atoms with E-state index in [9.17, 15) is 8.42 Å². The molecule has 0 saturated heterocycles. The smallest absolute Gasteiger partial charge is 0.261 e. The maximum atomic E-state index is 13.3. The Morgan fingerprint density at radius 2 is 1.66 bits per heavy atom. The minimum atomic E-state index is -3.89. The zero-order valence-electron chi connectivity index (χ0n) is 18.9. The van der Waals surface area contributed by atoms with Crippen LogP contribution in [0.4, 0.5) is 5.69 Å². The summed E-state index contributed by atoms with van der Waals surface area (Å²) >= 11 is 7.60. The molecule has 1 N–H and O–H groups in total. The molecule has 0 bridgehead atoms. The molecule has 0 saturated carbocycles. The lowest BCUT2D eigenvalue weighted by Crippen LogP contribution is -2.13. The van der Waals surface area contributed by atoms with Crippen LogP contribution in [0.3, 0.4) is 0 Å². The Balaban J connectivity index is 1.79. The lowest BCUT2D eigenvalue weighted by molar-refractivity contribution is 0.415. The van der Waals surface area contributed by atoms with Crippen LogP contribution in [0, 0.1) is 6.92 Å². The number of thiophene rings is 1. The highest BCUT2D eigenvalue weighted by Gasteiger charge is 2.23. The van der Waals surface area contributed by atoms with Gasteiger partial charge in [-0.1, -0.05) is 60.1 Å². The number of pyridine rings is 1. The van der Waals surface area contributed by atoms with Crippen LogP contribution >= 0.6 is 22.9 Å². The number of rotatable bonds is 6. The fourth-order valence-electron chi connectivity index (χ4n) is 3.99. The van der Waals surface area contributed by atoms with Gasteiger partial charge in [0.05, 0.1) is 17.7 Å². The van der Waals surface area contributed by atoms with E-state index in [2.05, 4.69) is 4.72 Å².